The summed E-state index contributed by atoms with van der Waals surface area (Å²) in [7, 11) is 0. The third-order valence-corrected chi connectivity index (χ3v) is 6.72. The van der Waals surface area contributed by atoms with Gasteiger partial charge in [0.05, 0.1) is 12.2 Å². The minimum absolute atomic E-state index is 0.211. The lowest BCUT2D eigenvalue weighted by molar-refractivity contribution is 0.210. The van der Waals surface area contributed by atoms with Crippen LogP contribution in [-0.2, 0) is 0 Å². The molecule has 2 amide bonds. The third kappa shape index (κ3) is 5.11. The first-order valence-corrected chi connectivity index (χ1v) is 12.1. The van der Waals surface area contributed by atoms with Gasteiger partial charge in [0.2, 0.25) is 0 Å². The van der Waals surface area contributed by atoms with Crippen molar-refractivity contribution in [2.75, 3.05) is 11.9 Å². The van der Waals surface area contributed by atoms with E-state index in [9.17, 15) is 4.79 Å². The summed E-state index contributed by atoms with van der Waals surface area (Å²) in [5.41, 5.74) is 8.20. The Hall–Kier alpha value is -3.67. The number of urea groups is 1. The van der Waals surface area contributed by atoms with Crippen LogP contribution in [0.25, 0.3) is 11.3 Å². The molecule has 0 radical (unpaired) electrons. The van der Waals surface area contributed by atoms with E-state index in [-0.39, 0.29) is 6.03 Å². The number of hydrogen-bond acceptors (Lipinski definition) is 3. The number of amides is 2. The van der Waals surface area contributed by atoms with Gasteiger partial charge in [0, 0.05) is 26.1 Å². The lowest BCUT2D eigenvalue weighted by atomic mass is 10.0. The van der Waals surface area contributed by atoms with E-state index in [1.54, 1.807) is 16.8 Å². The zero-order valence-electron chi connectivity index (χ0n) is 18.2. The van der Waals surface area contributed by atoms with E-state index in [1.165, 1.54) is 0 Å². The summed E-state index contributed by atoms with van der Waals surface area (Å²) in [5, 5.41) is 5.33. The van der Waals surface area contributed by atoms with Gasteiger partial charge in [-0.3, -0.25) is 5.43 Å². The highest BCUT2D eigenvalue weighted by molar-refractivity contribution is 7.99. The summed E-state index contributed by atoms with van der Waals surface area (Å²) in [6.45, 7) is 0.463. The average Bonchev–Trinajstić information content (AvgIpc) is 3.34. The largest absolute Gasteiger partial charge is 0.340 e. The molecule has 4 aromatic carbocycles. The zero-order valence-corrected chi connectivity index (χ0v) is 19.8. The Morgan fingerprint density at radius 1 is 0.765 bits per heavy atom. The van der Waals surface area contributed by atoms with Crippen LogP contribution < -0.4 is 10.7 Å². The van der Waals surface area contributed by atoms with Gasteiger partial charge in [0.15, 0.2) is 0 Å². The molecule has 1 heterocycles. The number of anilines is 1. The van der Waals surface area contributed by atoms with Gasteiger partial charge >= 0.3 is 6.03 Å². The molecule has 0 fully saturated rings. The molecule has 0 saturated heterocycles. The first-order chi connectivity index (χ1) is 16.7. The van der Waals surface area contributed by atoms with E-state index >= 15 is 0 Å². The quantitative estimate of drug-likeness (QED) is 0.310. The number of rotatable bonds is 5. The van der Waals surface area contributed by atoms with Gasteiger partial charge in [-0.05, 0) is 59.7 Å². The molecule has 1 aliphatic heterocycles. The van der Waals surface area contributed by atoms with E-state index in [4.69, 9.17) is 11.6 Å². The predicted molar refractivity (Wildman–Crippen MR) is 141 cm³/mol. The number of nitrogens with one attached hydrogen (secondary N) is 2. The maximum absolute atomic E-state index is 13.1. The summed E-state index contributed by atoms with van der Waals surface area (Å²) in [5.74, 6) is 0. The third-order valence-electron chi connectivity index (χ3n) is 5.45. The van der Waals surface area contributed by atoms with E-state index < -0.39 is 0 Å². The highest BCUT2D eigenvalue weighted by atomic mass is 35.5. The maximum atomic E-state index is 13.1. The number of halogens is 1. The van der Waals surface area contributed by atoms with Gasteiger partial charge in [-0.25, -0.2) is 9.80 Å². The summed E-state index contributed by atoms with van der Waals surface area (Å²) in [6.07, 6.45) is 0. The number of hydrogen-bond donors (Lipinski definition) is 2. The highest BCUT2D eigenvalue weighted by Gasteiger charge is 2.27. The molecule has 4 aromatic rings. The van der Waals surface area contributed by atoms with Gasteiger partial charge in [0.25, 0.3) is 0 Å². The molecule has 34 heavy (non-hydrogen) atoms. The van der Waals surface area contributed by atoms with Gasteiger partial charge in [-0.1, -0.05) is 84.0 Å². The Morgan fingerprint density at radius 2 is 1.32 bits per heavy atom. The molecule has 168 valence electrons. The highest BCUT2D eigenvalue weighted by Crippen LogP contribution is 2.31. The van der Waals surface area contributed by atoms with E-state index in [2.05, 4.69) is 22.9 Å². The van der Waals surface area contributed by atoms with Crippen LogP contribution in [0.3, 0.4) is 0 Å². The number of benzene rings is 4. The Morgan fingerprint density at radius 3 is 1.94 bits per heavy atom. The van der Waals surface area contributed by atoms with Crippen LogP contribution in [0.4, 0.5) is 10.5 Å². The van der Waals surface area contributed by atoms with Crippen molar-refractivity contribution in [1.82, 2.24) is 10.4 Å². The molecule has 0 bridgehead atoms. The van der Waals surface area contributed by atoms with Crippen LogP contribution in [0.2, 0.25) is 5.02 Å². The van der Waals surface area contributed by atoms with Gasteiger partial charge in [-0.15, -0.1) is 0 Å². The van der Waals surface area contributed by atoms with Crippen LogP contribution in [0, 0.1) is 0 Å². The van der Waals surface area contributed by atoms with E-state index in [0.29, 0.717) is 6.54 Å². The Labute approximate surface area is 208 Å². The molecule has 0 unspecified atom stereocenters. The number of carbonyl (C=O) groups excluding carboxylic acids is 1. The first-order valence-electron chi connectivity index (χ1n) is 10.9. The lowest BCUT2D eigenvalue weighted by Crippen LogP contribution is -2.40. The second kappa shape index (κ2) is 10.1. The summed E-state index contributed by atoms with van der Waals surface area (Å²) in [6, 6.07) is 35.6. The van der Waals surface area contributed by atoms with Crippen molar-refractivity contribution in [1.29, 1.82) is 0 Å². The molecule has 0 aliphatic carbocycles. The number of carbonyl (C=O) groups is 1. The van der Waals surface area contributed by atoms with Crippen LogP contribution in [0.1, 0.15) is 11.1 Å². The fraction of sp³-hybridized carbons (Fsp3) is 0.0357. The maximum Gasteiger partial charge on any atom is 0.340 e. The average molecular weight is 484 g/mol. The second-order valence-corrected chi connectivity index (χ2v) is 9.38. The molecule has 1 aliphatic rings. The van der Waals surface area contributed by atoms with Crippen molar-refractivity contribution >= 4 is 46.4 Å². The summed E-state index contributed by atoms with van der Waals surface area (Å²) in [4.78, 5) is 15.3. The van der Waals surface area contributed by atoms with Gasteiger partial charge < -0.3 is 5.32 Å². The zero-order chi connectivity index (χ0) is 23.3. The molecule has 0 spiro atoms. The van der Waals surface area contributed by atoms with Gasteiger partial charge in [-0.2, -0.15) is 0 Å². The topological polar surface area (TPSA) is 44.4 Å². The van der Waals surface area contributed by atoms with Crippen molar-refractivity contribution in [3.8, 4) is 0 Å². The van der Waals surface area contributed by atoms with Crippen molar-refractivity contribution in [2.24, 2.45) is 0 Å². The minimum Gasteiger partial charge on any atom is -0.306 e. The molecular weight excluding hydrogens is 462 g/mol. The normalized spacial score (nSPS) is 13.0. The lowest BCUT2D eigenvalue weighted by Gasteiger charge is -2.19. The summed E-state index contributed by atoms with van der Waals surface area (Å²) >= 11 is 7.61. The number of hydrazine groups is 1. The van der Waals surface area contributed by atoms with E-state index in [1.807, 2.05) is 97.1 Å². The van der Waals surface area contributed by atoms with Gasteiger partial charge in [0.1, 0.15) is 0 Å². The molecule has 4 nitrogen and oxygen atoms in total. The SMILES string of the molecule is O=C(Nc1ccc(Sc2ccc(Cl)cc2)cc1)N1CC(c2ccccc2)=C(c2ccccc2)N1. The fourth-order valence-electron chi connectivity index (χ4n) is 3.76. The first kappa shape index (κ1) is 22.1. The van der Waals surface area contributed by atoms with Crippen molar-refractivity contribution in [3.05, 3.63) is 125 Å². The fourth-order valence-corrected chi connectivity index (χ4v) is 4.70. The summed E-state index contributed by atoms with van der Waals surface area (Å²) < 4.78 is 0. The van der Waals surface area contributed by atoms with Crippen molar-refractivity contribution in [2.45, 2.75) is 9.79 Å². The Kier molecular flexibility index (Phi) is 6.56. The van der Waals surface area contributed by atoms with Crippen molar-refractivity contribution < 1.29 is 4.79 Å². The molecule has 0 atom stereocenters. The van der Waals surface area contributed by atoms with E-state index in [0.717, 1.165) is 42.9 Å². The molecule has 5 rings (SSSR count). The molecule has 2 N–H and O–H groups in total. The van der Waals surface area contributed by atoms with Crippen LogP contribution in [0.5, 0.6) is 0 Å². The van der Waals surface area contributed by atoms with Crippen molar-refractivity contribution in [3.63, 3.8) is 0 Å². The Balaban J connectivity index is 1.28. The molecular formula is C28H22ClN3OS. The predicted octanol–water partition coefficient (Wildman–Crippen LogP) is 7.41. The molecule has 0 saturated carbocycles. The number of nitrogens with zero attached hydrogens (tertiary/aromatic N) is 1. The smallest absolute Gasteiger partial charge is 0.306 e. The van der Waals surface area contributed by atoms with Crippen LogP contribution in [0.15, 0.2) is 119 Å². The molecule has 6 heteroatoms. The van der Waals surface area contributed by atoms with Crippen LogP contribution in [-0.4, -0.2) is 17.6 Å². The second-order valence-electron chi connectivity index (χ2n) is 7.79. The monoisotopic (exact) mass is 483 g/mol. The minimum atomic E-state index is -0.211. The molecule has 0 aromatic heterocycles. The van der Waals surface area contributed by atoms with Crippen LogP contribution >= 0.6 is 23.4 Å². The Bertz CT molecular complexity index is 1260. The standard InChI is InChI=1S/C28H22ClN3OS/c29-22-11-15-24(16-12-22)34-25-17-13-23(14-18-25)30-28(33)32-19-26(20-7-3-1-4-8-20)27(31-32)21-9-5-2-6-10-21/h1-18,31H,19H2,(H,30,33).